The molecule has 0 spiro atoms. The minimum atomic E-state index is -0.953. The van der Waals surface area contributed by atoms with E-state index < -0.39 is 12.0 Å². The van der Waals surface area contributed by atoms with Crippen molar-refractivity contribution in [3.05, 3.63) is 29.3 Å². The van der Waals surface area contributed by atoms with Crippen molar-refractivity contribution in [1.29, 1.82) is 0 Å². The van der Waals surface area contributed by atoms with Crippen molar-refractivity contribution in [1.82, 2.24) is 4.90 Å². The maximum absolute atomic E-state index is 12.3. The van der Waals surface area contributed by atoms with Crippen LogP contribution in [0.25, 0.3) is 0 Å². The van der Waals surface area contributed by atoms with E-state index in [4.69, 9.17) is 5.11 Å². The molecular formula is C14H18N2O3S. The molecule has 0 aromatic heterocycles. The Morgan fingerprint density at radius 3 is 2.90 bits per heavy atom. The van der Waals surface area contributed by atoms with Crippen LogP contribution in [0.15, 0.2) is 18.2 Å². The van der Waals surface area contributed by atoms with Crippen molar-refractivity contribution in [3.63, 3.8) is 0 Å². The second-order valence-electron chi connectivity index (χ2n) is 4.72. The van der Waals surface area contributed by atoms with Gasteiger partial charge in [0.15, 0.2) is 0 Å². The molecule has 1 fully saturated rings. The van der Waals surface area contributed by atoms with E-state index in [1.807, 2.05) is 32.0 Å². The number of hydrogen-bond donors (Lipinski definition) is 2. The lowest BCUT2D eigenvalue weighted by Crippen LogP contribution is -2.44. The van der Waals surface area contributed by atoms with Gasteiger partial charge in [0.1, 0.15) is 6.04 Å². The van der Waals surface area contributed by atoms with Gasteiger partial charge in [0.2, 0.25) is 0 Å². The SMILES string of the molecule is CCc1cccc(C)c1NC(=O)N1CSCC1C(=O)O. The molecule has 1 aromatic rings. The Bertz CT molecular complexity index is 533. The first-order valence-corrected chi connectivity index (χ1v) is 7.66. The van der Waals surface area contributed by atoms with Gasteiger partial charge < -0.3 is 15.3 Å². The van der Waals surface area contributed by atoms with Crippen LogP contribution in [0.4, 0.5) is 10.5 Å². The molecule has 2 N–H and O–H groups in total. The molecule has 1 aliphatic rings. The molecule has 0 bridgehead atoms. The largest absolute Gasteiger partial charge is 0.480 e. The summed E-state index contributed by atoms with van der Waals surface area (Å²) < 4.78 is 0. The van der Waals surface area contributed by atoms with Crippen molar-refractivity contribution in [2.45, 2.75) is 26.3 Å². The average molecular weight is 294 g/mol. The van der Waals surface area contributed by atoms with Gasteiger partial charge in [-0.15, -0.1) is 11.8 Å². The molecule has 6 heteroatoms. The molecule has 0 aliphatic carbocycles. The van der Waals surface area contributed by atoms with Crippen molar-refractivity contribution in [2.75, 3.05) is 16.9 Å². The lowest BCUT2D eigenvalue weighted by molar-refractivity contribution is -0.140. The number of aryl methyl sites for hydroxylation is 2. The number of benzene rings is 1. The van der Waals surface area contributed by atoms with Crippen LogP contribution in [0, 0.1) is 6.92 Å². The zero-order valence-corrected chi connectivity index (χ0v) is 12.4. The fraction of sp³-hybridized carbons (Fsp3) is 0.429. The number of carbonyl (C=O) groups is 2. The van der Waals surface area contributed by atoms with E-state index in [1.165, 1.54) is 16.7 Å². The topological polar surface area (TPSA) is 69.6 Å². The second kappa shape index (κ2) is 6.17. The number of hydrogen-bond acceptors (Lipinski definition) is 3. The monoisotopic (exact) mass is 294 g/mol. The van der Waals surface area contributed by atoms with Gasteiger partial charge in [-0.1, -0.05) is 25.1 Å². The summed E-state index contributed by atoms with van der Waals surface area (Å²) in [6, 6.07) is 4.77. The molecule has 108 valence electrons. The van der Waals surface area contributed by atoms with E-state index in [9.17, 15) is 9.59 Å². The van der Waals surface area contributed by atoms with Crippen LogP contribution in [-0.2, 0) is 11.2 Å². The Morgan fingerprint density at radius 2 is 2.25 bits per heavy atom. The average Bonchev–Trinajstić information content (AvgIpc) is 2.90. The van der Waals surface area contributed by atoms with Crippen molar-refractivity contribution in [2.24, 2.45) is 0 Å². The van der Waals surface area contributed by atoms with E-state index in [2.05, 4.69) is 5.32 Å². The highest BCUT2D eigenvalue weighted by molar-refractivity contribution is 7.99. The number of para-hydroxylation sites is 1. The molecule has 2 amide bonds. The van der Waals surface area contributed by atoms with Gasteiger partial charge in [0, 0.05) is 11.4 Å². The number of amides is 2. The molecule has 1 aromatic carbocycles. The first-order valence-electron chi connectivity index (χ1n) is 6.51. The molecule has 1 unspecified atom stereocenters. The van der Waals surface area contributed by atoms with E-state index in [-0.39, 0.29) is 6.03 Å². The molecule has 1 heterocycles. The van der Waals surface area contributed by atoms with Crippen molar-refractivity contribution < 1.29 is 14.7 Å². The van der Waals surface area contributed by atoms with Gasteiger partial charge in [-0.2, -0.15) is 0 Å². The standard InChI is InChI=1S/C14H18N2O3S/c1-3-10-6-4-5-9(2)12(10)15-14(19)16-8-20-7-11(16)13(17)18/h4-6,11H,3,7-8H2,1-2H3,(H,15,19)(H,17,18). The molecule has 1 aliphatic heterocycles. The highest BCUT2D eigenvalue weighted by atomic mass is 32.2. The predicted molar refractivity (Wildman–Crippen MR) is 80.2 cm³/mol. The third-order valence-corrected chi connectivity index (χ3v) is 4.41. The smallest absolute Gasteiger partial charge is 0.327 e. The second-order valence-corrected chi connectivity index (χ2v) is 5.72. The summed E-state index contributed by atoms with van der Waals surface area (Å²) in [5, 5.41) is 12.0. The molecular weight excluding hydrogens is 276 g/mol. The summed E-state index contributed by atoms with van der Waals surface area (Å²) in [6.45, 7) is 3.96. The highest BCUT2D eigenvalue weighted by Crippen LogP contribution is 2.25. The third kappa shape index (κ3) is 2.90. The fourth-order valence-corrected chi connectivity index (χ4v) is 3.37. The Kier molecular flexibility index (Phi) is 4.54. The Morgan fingerprint density at radius 1 is 1.50 bits per heavy atom. The number of nitrogens with zero attached hydrogens (tertiary/aromatic N) is 1. The number of nitrogens with one attached hydrogen (secondary N) is 1. The van der Waals surface area contributed by atoms with Crippen LogP contribution < -0.4 is 5.32 Å². The van der Waals surface area contributed by atoms with E-state index in [1.54, 1.807) is 0 Å². The van der Waals surface area contributed by atoms with Gasteiger partial charge in [-0.25, -0.2) is 9.59 Å². The van der Waals surface area contributed by atoms with Crippen LogP contribution in [0.5, 0.6) is 0 Å². The first-order chi connectivity index (χ1) is 9.54. The molecule has 1 atom stereocenters. The van der Waals surface area contributed by atoms with E-state index in [0.717, 1.165) is 23.2 Å². The van der Waals surface area contributed by atoms with E-state index in [0.29, 0.717) is 11.6 Å². The number of thioether (sulfide) groups is 1. The van der Waals surface area contributed by atoms with Gasteiger partial charge in [0.05, 0.1) is 5.88 Å². The maximum Gasteiger partial charge on any atom is 0.327 e. The molecule has 0 radical (unpaired) electrons. The molecule has 2 rings (SSSR count). The quantitative estimate of drug-likeness (QED) is 0.899. The number of carboxylic acids is 1. The predicted octanol–water partition coefficient (Wildman–Crippen LogP) is 2.55. The zero-order chi connectivity index (χ0) is 14.7. The number of carbonyl (C=O) groups excluding carboxylic acids is 1. The minimum Gasteiger partial charge on any atom is -0.480 e. The van der Waals surface area contributed by atoms with Crippen molar-refractivity contribution >= 4 is 29.4 Å². The number of rotatable bonds is 3. The fourth-order valence-electron chi connectivity index (χ4n) is 2.23. The Labute approximate surface area is 122 Å². The highest BCUT2D eigenvalue weighted by Gasteiger charge is 2.34. The van der Waals surface area contributed by atoms with Gasteiger partial charge in [-0.3, -0.25) is 0 Å². The summed E-state index contributed by atoms with van der Waals surface area (Å²) in [4.78, 5) is 24.8. The van der Waals surface area contributed by atoms with Crippen LogP contribution in [0.2, 0.25) is 0 Å². The summed E-state index contributed by atoms with van der Waals surface area (Å²) in [5.41, 5.74) is 2.83. The minimum absolute atomic E-state index is 0.341. The molecule has 0 saturated carbocycles. The number of aliphatic carboxylic acids is 1. The summed E-state index contributed by atoms with van der Waals surface area (Å²) in [5.74, 6) is -0.0986. The summed E-state index contributed by atoms with van der Waals surface area (Å²) in [6.07, 6.45) is 0.814. The normalized spacial score (nSPS) is 18.1. The Hall–Kier alpha value is -1.69. The number of carboxylic acid groups (broad SMARTS) is 1. The maximum atomic E-state index is 12.3. The molecule has 5 nitrogen and oxygen atoms in total. The zero-order valence-electron chi connectivity index (χ0n) is 11.5. The number of urea groups is 1. The first kappa shape index (κ1) is 14.7. The van der Waals surface area contributed by atoms with Gasteiger partial charge >= 0.3 is 12.0 Å². The van der Waals surface area contributed by atoms with Crippen LogP contribution in [0.1, 0.15) is 18.1 Å². The lowest BCUT2D eigenvalue weighted by atomic mass is 10.1. The van der Waals surface area contributed by atoms with Crippen LogP contribution in [-0.4, -0.2) is 39.7 Å². The van der Waals surface area contributed by atoms with Gasteiger partial charge in [0.25, 0.3) is 0 Å². The molecule has 1 saturated heterocycles. The lowest BCUT2D eigenvalue weighted by Gasteiger charge is -2.22. The third-order valence-electron chi connectivity index (χ3n) is 3.40. The van der Waals surface area contributed by atoms with Gasteiger partial charge in [-0.05, 0) is 24.5 Å². The van der Waals surface area contributed by atoms with Crippen LogP contribution >= 0.6 is 11.8 Å². The summed E-state index contributed by atoms with van der Waals surface area (Å²) in [7, 11) is 0. The molecule has 20 heavy (non-hydrogen) atoms. The van der Waals surface area contributed by atoms with Crippen molar-refractivity contribution in [3.8, 4) is 0 Å². The Balaban J connectivity index is 2.18. The van der Waals surface area contributed by atoms with E-state index >= 15 is 0 Å². The number of anilines is 1. The summed E-state index contributed by atoms with van der Waals surface area (Å²) >= 11 is 1.46. The van der Waals surface area contributed by atoms with Crippen LogP contribution in [0.3, 0.4) is 0 Å².